The summed E-state index contributed by atoms with van der Waals surface area (Å²) in [5, 5.41) is 0. The number of hydrogen-bond acceptors (Lipinski definition) is 0. The van der Waals surface area contributed by atoms with E-state index in [-0.39, 0.29) is 15.8 Å². The first kappa shape index (κ1) is 17.6. The summed E-state index contributed by atoms with van der Waals surface area (Å²) in [6.45, 7) is 9.66. The maximum Gasteiger partial charge on any atom is -0.00730 e. The third-order valence-electron chi connectivity index (χ3n) is 3.19. The summed E-state index contributed by atoms with van der Waals surface area (Å²) in [7, 11) is 0.814. The highest BCUT2D eigenvalue weighted by molar-refractivity contribution is 7.60. The Morgan fingerprint density at radius 2 is 1.37 bits per heavy atom. The number of rotatable bonds is 9. The Bertz CT molecular complexity index is 322. The monoisotopic (exact) mass is 314 g/mol. The predicted molar refractivity (Wildman–Crippen MR) is 98.7 cm³/mol. The SMILES string of the molecule is CP(C)CCCP(CCP(C)C)Cc1ccccc1. The quantitative estimate of drug-likeness (QED) is 0.525. The van der Waals surface area contributed by atoms with Gasteiger partial charge in [-0.3, -0.25) is 0 Å². The fourth-order valence-electron chi connectivity index (χ4n) is 2.06. The molecule has 1 aromatic rings. The molecule has 0 heterocycles. The number of benzene rings is 1. The predicted octanol–water partition coefficient (Wildman–Crippen LogP) is 5.54. The van der Waals surface area contributed by atoms with Crippen molar-refractivity contribution in [3.8, 4) is 0 Å². The van der Waals surface area contributed by atoms with Crippen molar-refractivity contribution in [3.05, 3.63) is 35.9 Å². The van der Waals surface area contributed by atoms with E-state index in [1.807, 2.05) is 0 Å². The van der Waals surface area contributed by atoms with Crippen LogP contribution in [-0.4, -0.2) is 51.3 Å². The van der Waals surface area contributed by atoms with E-state index in [0.29, 0.717) is 7.92 Å². The highest BCUT2D eigenvalue weighted by Crippen LogP contribution is 2.44. The summed E-state index contributed by atoms with van der Waals surface area (Å²) in [6, 6.07) is 11.1. The summed E-state index contributed by atoms with van der Waals surface area (Å²) < 4.78 is 0. The van der Waals surface area contributed by atoms with Crippen LogP contribution in [0.5, 0.6) is 0 Å². The fourth-order valence-corrected chi connectivity index (χ4v) is 7.71. The molecule has 1 rings (SSSR count). The molecule has 0 aliphatic rings. The lowest BCUT2D eigenvalue weighted by Crippen LogP contribution is -1.99. The van der Waals surface area contributed by atoms with E-state index < -0.39 is 0 Å². The molecule has 0 aromatic heterocycles. The molecule has 0 bridgehead atoms. The molecular weight excluding hydrogens is 285 g/mol. The molecule has 0 amide bonds. The highest BCUT2D eigenvalue weighted by atomic mass is 31.1. The maximum atomic E-state index is 2.42. The fraction of sp³-hybridized carbons (Fsp3) is 0.625. The van der Waals surface area contributed by atoms with Crippen LogP contribution in [0.25, 0.3) is 0 Å². The zero-order valence-corrected chi connectivity index (χ0v) is 15.7. The summed E-state index contributed by atoms with van der Waals surface area (Å²) in [5.41, 5.74) is 1.56. The molecular formula is C16H29P3. The van der Waals surface area contributed by atoms with E-state index in [1.165, 1.54) is 37.2 Å². The van der Waals surface area contributed by atoms with Crippen LogP contribution in [0.15, 0.2) is 30.3 Å². The Labute approximate surface area is 124 Å². The van der Waals surface area contributed by atoms with Crippen molar-refractivity contribution in [2.24, 2.45) is 0 Å². The molecule has 0 aliphatic heterocycles. The lowest BCUT2D eigenvalue weighted by Gasteiger charge is -2.20. The van der Waals surface area contributed by atoms with Gasteiger partial charge in [-0.15, -0.1) is 23.8 Å². The lowest BCUT2D eigenvalue weighted by molar-refractivity contribution is 1.09. The minimum Gasteiger partial charge on any atom is -0.113 e. The number of hydrogen-bond donors (Lipinski definition) is 0. The van der Waals surface area contributed by atoms with Crippen molar-refractivity contribution in [3.63, 3.8) is 0 Å². The molecule has 0 N–H and O–H groups in total. The minimum absolute atomic E-state index is 0.226. The molecule has 0 fully saturated rings. The Morgan fingerprint density at radius 3 is 1.95 bits per heavy atom. The largest absolute Gasteiger partial charge is 0.113 e. The van der Waals surface area contributed by atoms with Gasteiger partial charge < -0.3 is 0 Å². The summed E-state index contributed by atoms with van der Waals surface area (Å²) in [4.78, 5) is 0. The van der Waals surface area contributed by atoms with E-state index >= 15 is 0 Å². The van der Waals surface area contributed by atoms with Gasteiger partial charge in [-0.05, 0) is 69.5 Å². The topological polar surface area (TPSA) is 0 Å². The second-order valence-electron chi connectivity index (χ2n) is 5.72. The molecule has 1 unspecified atom stereocenters. The van der Waals surface area contributed by atoms with Gasteiger partial charge in [-0.1, -0.05) is 30.3 Å². The molecule has 0 saturated carbocycles. The first-order chi connectivity index (χ1) is 9.08. The summed E-state index contributed by atoms with van der Waals surface area (Å²) in [5.74, 6) is 0. The second kappa shape index (κ2) is 10.3. The van der Waals surface area contributed by atoms with Crippen molar-refractivity contribution < 1.29 is 0 Å². The van der Waals surface area contributed by atoms with Crippen LogP contribution in [0.2, 0.25) is 0 Å². The van der Waals surface area contributed by atoms with Gasteiger partial charge in [0.05, 0.1) is 0 Å². The smallest absolute Gasteiger partial charge is 0.00730 e. The minimum atomic E-state index is 0.226. The zero-order valence-electron chi connectivity index (χ0n) is 13.0. The molecule has 0 spiro atoms. The average Bonchev–Trinajstić information content (AvgIpc) is 2.36. The van der Waals surface area contributed by atoms with Gasteiger partial charge in [-0.25, -0.2) is 0 Å². The average molecular weight is 314 g/mol. The summed E-state index contributed by atoms with van der Waals surface area (Å²) >= 11 is 0. The zero-order chi connectivity index (χ0) is 14.1. The van der Waals surface area contributed by atoms with Crippen molar-refractivity contribution in [1.29, 1.82) is 0 Å². The highest BCUT2D eigenvalue weighted by Gasteiger charge is 2.10. The lowest BCUT2D eigenvalue weighted by atomic mass is 10.2. The maximum absolute atomic E-state index is 2.42. The third-order valence-corrected chi connectivity index (χ3v) is 8.49. The molecule has 108 valence electrons. The van der Waals surface area contributed by atoms with Gasteiger partial charge in [0.25, 0.3) is 0 Å². The van der Waals surface area contributed by atoms with Gasteiger partial charge in [0, 0.05) is 0 Å². The molecule has 1 aromatic carbocycles. The van der Waals surface area contributed by atoms with E-state index in [2.05, 4.69) is 57.0 Å². The van der Waals surface area contributed by atoms with Gasteiger partial charge >= 0.3 is 0 Å². The van der Waals surface area contributed by atoms with Crippen LogP contribution in [0, 0.1) is 0 Å². The Kier molecular flexibility index (Phi) is 9.49. The molecule has 3 heteroatoms. The van der Waals surface area contributed by atoms with Gasteiger partial charge in [-0.2, -0.15) is 0 Å². The standard InChI is InChI=1S/C16H29P3/c1-17(2)11-8-12-19(14-13-18(3)4)15-16-9-6-5-7-10-16/h5-7,9-10H,8,11-15H2,1-4H3. The van der Waals surface area contributed by atoms with Crippen LogP contribution in [0.1, 0.15) is 12.0 Å². The van der Waals surface area contributed by atoms with Crippen LogP contribution >= 0.6 is 23.8 Å². The van der Waals surface area contributed by atoms with Crippen LogP contribution in [0.3, 0.4) is 0 Å². The summed E-state index contributed by atoms with van der Waals surface area (Å²) in [6.07, 6.45) is 8.74. The first-order valence-corrected chi connectivity index (χ1v) is 13.9. The van der Waals surface area contributed by atoms with Crippen molar-refractivity contribution in [2.45, 2.75) is 12.6 Å². The molecule has 1 atom stereocenters. The normalized spacial score (nSPS) is 13.2. The van der Waals surface area contributed by atoms with Crippen LogP contribution in [0.4, 0.5) is 0 Å². The van der Waals surface area contributed by atoms with E-state index in [4.69, 9.17) is 0 Å². The van der Waals surface area contributed by atoms with Crippen LogP contribution in [-0.2, 0) is 6.16 Å². The van der Waals surface area contributed by atoms with Gasteiger partial charge in [0.15, 0.2) is 0 Å². The molecule has 19 heavy (non-hydrogen) atoms. The molecule has 0 saturated heterocycles. The van der Waals surface area contributed by atoms with Crippen molar-refractivity contribution >= 4 is 23.8 Å². The van der Waals surface area contributed by atoms with E-state index in [0.717, 1.165) is 0 Å². The van der Waals surface area contributed by atoms with E-state index in [9.17, 15) is 0 Å². The van der Waals surface area contributed by atoms with Gasteiger partial charge in [0.2, 0.25) is 0 Å². The third kappa shape index (κ3) is 9.13. The first-order valence-electron chi connectivity index (χ1n) is 7.13. The Balaban J connectivity index is 2.43. The molecule has 0 nitrogen and oxygen atoms in total. The van der Waals surface area contributed by atoms with Gasteiger partial charge in [0.1, 0.15) is 0 Å². The molecule has 0 aliphatic carbocycles. The van der Waals surface area contributed by atoms with E-state index in [1.54, 1.807) is 5.56 Å². The van der Waals surface area contributed by atoms with Crippen LogP contribution < -0.4 is 0 Å². The van der Waals surface area contributed by atoms with Crippen molar-refractivity contribution in [2.75, 3.05) is 51.3 Å². The van der Waals surface area contributed by atoms with Crippen molar-refractivity contribution in [1.82, 2.24) is 0 Å². The Morgan fingerprint density at radius 1 is 0.737 bits per heavy atom. The Hall–Kier alpha value is 0.510. The molecule has 0 radical (unpaired) electrons. The second-order valence-corrected chi connectivity index (χ2v) is 13.5.